The Balaban J connectivity index is 2.31. The Morgan fingerprint density at radius 1 is 1.38 bits per heavy atom. The second-order valence-electron chi connectivity index (χ2n) is 4.32. The number of aromatic nitrogens is 1. The van der Waals surface area contributed by atoms with E-state index >= 15 is 0 Å². The second-order valence-corrected chi connectivity index (χ2v) is 4.32. The molecular formula is C14H14N2O5. The summed E-state index contributed by atoms with van der Waals surface area (Å²) in [6.45, 7) is 1.67. The van der Waals surface area contributed by atoms with Gasteiger partial charge >= 0.3 is 5.69 Å². The molecule has 110 valence electrons. The fourth-order valence-corrected chi connectivity index (χ4v) is 1.80. The molecule has 0 aliphatic rings. The molecular weight excluding hydrogens is 276 g/mol. The smallest absolute Gasteiger partial charge is 0.314 e. The number of hydrogen-bond acceptors (Lipinski definition) is 6. The van der Waals surface area contributed by atoms with Crippen LogP contribution < -0.4 is 9.47 Å². The number of pyridine rings is 1. The maximum absolute atomic E-state index is 11.0. The van der Waals surface area contributed by atoms with Crippen molar-refractivity contribution in [1.29, 1.82) is 0 Å². The Morgan fingerprint density at radius 3 is 2.71 bits per heavy atom. The quantitative estimate of drug-likeness (QED) is 0.671. The minimum Gasteiger partial charge on any atom is -0.490 e. The van der Waals surface area contributed by atoms with Crippen LogP contribution in [0.25, 0.3) is 0 Å². The molecule has 0 aliphatic heterocycles. The standard InChI is InChI=1S/C14H14N2O5/c1-9-5-10(8-17)7-15-14(9)21-11-3-4-13(20-2)12(6-11)16(18)19/h3-7,17H,8H2,1-2H3. The fraction of sp³-hybridized carbons (Fsp3) is 0.214. The summed E-state index contributed by atoms with van der Waals surface area (Å²) in [5.74, 6) is 0.772. The summed E-state index contributed by atoms with van der Waals surface area (Å²) in [7, 11) is 1.36. The molecule has 0 fully saturated rings. The van der Waals surface area contributed by atoms with Crippen molar-refractivity contribution in [1.82, 2.24) is 4.98 Å². The second kappa shape index (κ2) is 6.19. The van der Waals surface area contributed by atoms with Crippen molar-refractivity contribution in [2.45, 2.75) is 13.5 Å². The van der Waals surface area contributed by atoms with E-state index in [4.69, 9.17) is 14.6 Å². The minimum absolute atomic E-state index is 0.109. The molecule has 21 heavy (non-hydrogen) atoms. The van der Waals surface area contributed by atoms with E-state index in [0.29, 0.717) is 11.4 Å². The molecule has 1 N–H and O–H groups in total. The number of nitro groups is 1. The first-order chi connectivity index (χ1) is 10.0. The lowest BCUT2D eigenvalue weighted by Crippen LogP contribution is -1.97. The van der Waals surface area contributed by atoms with E-state index in [-0.39, 0.29) is 23.8 Å². The Kier molecular flexibility index (Phi) is 4.34. The maximum atomic E-state index is 11.0. The van der Waals surface area contributed by atoms with Crippen LogP contribution >= 0.6 is 0 Å². The molecule has 0 saturated heterocycles. The zero-order chi connectivity index (χ0) is 15.4. The first-order valence-electron chi connectivity index (χ1n) is 6.12. The summed E-state index contributed by atoms with van der Waals surface area (Å²) in [6.07, 6.45) is 1.49. The molecule has 0 amide bonds. The van der Waals surface area contributed by atoms with Gasteiger partial charge in [-0.15, -0.1) is 0 Å². The highest BCUT2D eigenvalue weighted by Gasteiger charge is 2.16. The van der Waals surface area contributed by atoms with Gasteiger partial charge in [-0.3, -0.25) is 10.1 Å². The van der Waals surface area contributed by atoms with Gasteiger partial charge in [0.1, 0.15) is 5.75 Å². The number of benzene rings is 1. The summed E-state index contributed by atoms with van der Waals surface area (Å²) in [5.41, 5.74) is 1.21. The molecule has 0 spiro atoms. The molecule has 0 saturated carbocycles. The maximum Gasteiger partial charge on any atom is 0.314 e. The average Bonchev–Trinajstić information content (AvgIpc) is 2.49. The number of hydrogen-bond donors (Lipinski definition) is 1. The first kappa shape index (κ1) is 14.7. The molecule has 0 bridgehead atoms. The lowest BCUT2D eigenvalue weighted by molar-refractivity contribution is -0.385. The van der Waals surface area contributed by atoms with Gasteiger partial charge in [-0.05, 0) is 30.7 Å². The monoisotopic (exact) mass is 290 g/mol. The third-order valence-electron chi connectivity index (χ3n) is 2.83. The van der Waals surface area contributed by atoms with E-state index in [2.05, 4.69) is 4.98 Å². The molecule has 1 aromatic heterocycles. The zero-order valence-electron chi connectivity index (χ0n) is 11.6. The summed E-state index contributed by atoms with van der Waals surface area (Å²) in [6, 6.07) is 6.04. The Morgan fingerprint density at radius 2 is 2.14 bits per heavy atom. The molecule has 0 unspecified atom stereocenters. The molecule has 0 radical (unpaired) electrons. The number of aliphatic hydroxyl groups excluding tert-OH is 1. The van der Waals surface area contributed by atoms with E-state index in [9.17, 15) is 10.1 Å². The number of aryl methyl sites for hydroxylation is 1. The third-order valence-corrected chi connectivity index (χ3v) is 2.83. The van der Waals surface area contributed by atoms with Gasteiger partial charge < -0.3 is 14.6 Å². The van der Waals surface area contributed by atoms with Crippen LogP contribution in [0.15, 0.2) is 30.5 Å². The molecule has 7 nitrogen and oxygen atoms in total. The van der Waals surface area contributed by atoms with Crippen LogP contribution in [0.2, 0.25) is 0 Å². The van der Waals surface area contributed by atoms with Crippen LogP contribution in [0.3, 0.4) is 0 Å². The zero-order valence-corrected chi connectivity index (χ0v) is 11.6. The van der Waals surface area contributed by atoms with Gasteiger partial charge in [-0.2, -0.15) is 0 Å². The summed E-state index contributed by atoms with van der Waals surface area (Å²) < 4.78 is 10.5. The molecule has 0 atom stereocenters. The third kappa shape index (κ3) is 3.26. The summed E-state index contributed by atoms with van der Waals surface area (Å²) in [5, 5.41) is 20.0. The van der Waals surface area contributed by atoms with E-state index in [1.54, 1.807) is 19.1 Å². The highest BCUT2D eigenvalue weighted by Crippen LogP contribution is 2.33. The number of nitro benzene ring substituents is 1. The molecule has 1 heterocycles. The van der Waals surface area contributed by atoms with Gasteiger partial charge in [0.05, 0.1) is 24.7 Å². The van der Waals surface area contributed by atoms with Crippen LogP contribution in [0.1, 0.15) is 11.1 Å². The predicted octanol–water partition coefficient (Wildman–Crippen LogP) is 2.59. The van der Waals surface area contributed by atoms with E-state index in [1.165, 1.54) is 25.4 Å². The van der Waals surface area contributed by atoms with E-state index in [0.717, 1.165) is 5.56 Å². The number of ether oxygens (including phenoxy) is 2. The number of nitrogens with zero attached hydrogens (tertiary/aromatic N) is 2. The van der Waals surface area contributed by atoms with Crippen LogP contribution in [-0.4, -0.2) is 22.1 Å². The molecule has 0 aliphatic carbocycles. The van der Waals surface area contributed by atoms with Gasteiger partial charge in [0.2, 0.25) is 5.88 Å². The normalized spacial score (nSPS) is 10.2. The molecule has 1 aromatic carbocycles. The predicted molar refractivity (Wildman–Crippen MR) is 74.6 cm³/mol. The lowest BCUT2D eigenvalue weighted by atomic mass is 10.2. The van der Waals surface area contributed by atoms with Crippen LogP contribution in [0, 0.1) is 17.0 Å². The molecule has 2 aromatic rings. The highest BCUT2D eigenvalue weighted by molar-refractivity contribution is 5.51. The van der Waals surface area contributed by atoms with Crippen LogP contribution in [0.4, 0.5) is 5.69 Å². The van der Waals surface area contributed by atoms with Gasteiger partial charge in [-0.25, -0.2) is 4.98 Å². The SMILES string of the molecule is COc1ccc(Oc2ncc(CO)cc2C)cc1[N+](=O)[O-]. The van der Waals surface area contributed by atoms with E-state index in [1.807, 2.05) is 0 Å². The van der Waals surface area contributed by atoms with Gasteiger partial charge in [0.15, 0.2) is 5.75 Å². The largest absolute Gasteiger partial charge is 0.490 e. The topological polar surface area (TPSA) is 94.7 Å². The van der Waals surface area contributed by atoms with Crippen LogP contribution in [-0.2, 0) is 6.61 Å². The fourth-order valence-electron chi connectivity index (χ4n) is 1.80. The highest BCUT2D eigenvalue weighted by atomic mass is 16.6. The number of aliphatic hydroxyl groups is 1. The number of methoxy groups -OCH3 is 1. The van der Waals surface area contributed by atoms with Crippen molar-refractivity contribution in [2.24, 2.45) is 0 Å². The first-order valence-corrected chi connectivity index (χ1v) is 6.12. The van der Waals surface area contributed by atoms with E-state index < -0.39 is 4.92 Å². The van der Waals surface area contributed by atoms with Crippen molar-refractivity contribution in [3.05, 3.63) is 51.7 Å². The Labute approximate surface area is 120 Å². The Hall–Kier alpha value is -2.67. The van der Waals surface area contributed by atoms with Crippen molar-refractivity contribution in [3.63, 3.8) is 0 Å². The summed E-state index contributed by atoms with van der Waals surface area (Å²) >= 11 is 0. The van der Waals surface area contributed by atoms with Crippen molar-refractivity contribution >= 4 is 5.69 Å². The van der Waals surface area contributed by atoms with Gasteiger partial charge in [-0.1, -0.05) is 0 Å². The molecule has 2 rings (SSSR count). The van der Waals surface area contributed by atoms with Crippen LogP contribution in [0.5, 0.6) is 17.4 Å². The summed E-state index contributed by atoms with van der Waals surface area (Å²) in [4.78, 5) is 14.5. The van der Waals surface area contributed by atoms with Gasteiger partial charge in [0, 0.05) is 11.8 Å². The average molecular weight is 290 g/mol. The van der Waals surface area contributed by atoms with Crippen molar-refractivity contribution < 1.29 is 19.5 Å². The molecule has 7 heteroatoms. The van der Waals surface area contributed by atoms with Crippen molar-refractivity contribution in [3.8, 4) is 17.4 Å². The van der Waals surface area contributed by atoms with Crippen molar-refractivity contribution in [2.75, 3.05) is 7.11 Å². The number of rotatable bonds is 5. The minimum atomic E-state index is -0.541. The van der Waals surface area contributed by atoms with Gasteiger partial charge in [0.25, 0.3) is 0 Å². The Bertz CT molecular complexity index is 672. The lowest BCUT2D eigenvalue weighted by Gasteiger charge is -2.09.